The summed E-state index contributed by atoms with van der Waals surface area (Å²) < 4.78 is 10.4. The highest BCUT2D eigenvalue weighted by Crippen LogP contribution is 2.35. The number of amides is 2. The van der Waals surface area contributed by atoms with E-state index >= 15 is 0 Å². The van der Waals surface area contributed by atoms with Gasteiger partial charge in [0.25, 0.3) is 5.91 Å². The second-order valence-corrected chi connectivity index (χ2v) is 6.12. The molecule has 2 aromatic carbocycles. The van der Waals surface area contributed by atoms with Crippen LogP contribution in [0.4, 0.5) is 17.1 Å². The van der Waals surface area contributed by atoms with Crippen LogP contribution < -0.4 is 25.4 Å². The van der Waals surface area contributed by atoms with Gasteiger partial charge < -0.3 is 25.4 Å². The Hall–Kier alpha value is -3.70. The van der Waals surface area contributed by atoms with E-state index in [2.05, 4.69) is 16.0 Å². The molecule has 0 spiro atoms. The maximum absolute atomic E-state index is 12.4. The molecule has 29 heavy (non-hydrogen) atoms. The third-order valence-corrected chi connectivity index (χ3v) is 3.97. The molecule has 0 heterocycles. The van der Waals surface area contributed by atoms with E-state index in [0.29, 0.717) is 33.6 Å². The normalized spacial score (nSPS) is 10.5. The molecule has 3 N–H and O–H groups in total. The van der Waals surface area contributed by atoms with Crippen LogP contribution in [-0.4, -0.2) is 26.0 Å². The number of nitrogens with one attached hydrogen (secondary N) is 3. The molecular formula is C20H19ClN4O4. The first kappa shape index (κ1) is 21.6. The maximum Gasteiger partial charge on any atom is 0.267 e. The predicted octanol–water partition coefficient (Wildman–Crippen LogP) is 3.77. The minimum atomic E-state index is -0.604. The summed E-state index contributed by atoms with van der Waals surface area (Å²) in [6, 6.07) is 11.5. The topological polar surface area (TPSA) is 112 Å². The molecule has 150 valence electrons. The summed E-state index contributed by atoms with van der Waals surface area (Å²) in [5.41, 5.74) is 1.37. The van der Waals surface area contributed by atoms with Crippen LogP contribution in [0.5, 0.6) is 11.5 Å². The molecule has 0 aliphatic rings. The van der Waals surface area contributed by atoms with Crippen LogP contribution in [0, 0.1) is 11.3 Å². The summed E-state index contributed by atoms with van der Waals surface area (Å²) in [7, 11) is 2.94. The number of anilines is 3. The summed E-state index contributed by atoms with van der Waals surface area (Å²) >= 11 is 6.06. The molecule has 0 fully saturated rings. The third kappa shape index (κ3) is 5.89. The number of carbonyl (C=O) groups excluding carboxylic acids is 2. The number of halogens is 1. The first-order valence-corrected chi connectivity index (χ1v) is 8.73. The Morgan fingerprint density at radius 3 is 2.14 bits per heavy atom. The first-order valence-electron chi connectivity index (χ1n) is 8.35. The first-order chi connectivity index (χ1) is 13.9. The second-order valence-electron chi connectivity index (χ2n) is 5.71. The highest BCUT2D eigenvalue weighted by molar-refractivity contribution is 6.32. The van der Waals surface area contributed by atoms with Crippen molar-refractivity contribution in [2.24, 2.45) is 0 Å². The number of nitrogens with zero attached hydrogens (tertiary/aromatic N) is 1. The van der Waals surface area contributed by atoms with Crippen molar-refractivity contribution in [3.05, 3.63) is 53.2 Å². The SMILES string of the molecule is COc1cc(N/C=C(/C#N)C(=O)Nc2ccc(NC(C)=O)cc2)c(OC)cc1Cl. The van der Waals surface area contributed by atoms with Gasteiger partial charge in [-0.25, -0.2) is 0 Å². The molecule has 2 rings (SSSR count). The van der Waals surface area contributed by atoms with Gasteiger partial charge in [0.2, 0.25) is 5.91 Å². The quantitative estimate of drug-likeness (QED) is 0.469. The van der Waals surface area contributed by atoms with Crippen molar-refractivity contribution in [3.63, 3.8) is 0 Å². The average molecular weight is 415 g/mol. The minimum Gasteiger partial charge on any atom is -0.495 e. The number of rotatable bonds is 7. The van der Waals surface area contributed by atoms with E-state index in [4.69, 9.17) is 21.1 Å². The van der Waals surface area contributed by atoms with Crippen LogP contribution in [0.3, 0.4) is 0 Å². The molecule has 0 bridgehead atoms. The van der Waals surface area contributed by atoms with Gasteiger partial charge in [-0.15, -0.1) is 0 Å². The molecule has 0 unspecified atom stereocenters. The van der Waals surface area contributed by atoms with Crippen molar-refractivity contribution in [2.75, 3.05) is 30.2 Å². The van der Waals surface area contributed by atoms with Gasteiger partial charge in [0.05, 0.1) is 24.9 Å². The van der Waals surface area contributed by atoms with Crippen molar-refractivity contribution in [1.82, 2.24) is 0 Å². The van der Waals surface area contributed by atoms with Crippen molar-refractivity contribution in [3.8, 4) is 17.6 Å². The lowest BCUT2D eigenvalue weighted by molar-refractivity contribution is -0.114. The van der Waals surface area contributed by atoms with E-state index in [1.807, 2.05) is 6.07 Å². The molecule has 0 aliphatic heterocycles. The van der Waals surface area contributed by atoms with Crippen molar-refractivity contribution >= 4 is 40.5 Å². The van der Waals surface area contributed by atoms with Gasteiger partial charge in [0, 0.05) is 36.6 Å². The summed E-state index contributed by atoms with van der Waals surface area (Å²) in [6.07, 6.45) is 1.26. The van der Waals surface area contributed by atoms with Crippen LogP contribution >= 0.6 is 11.6 Å². The van der Waals surface area contributed by atoms with E-state index in [1.54, 1.807) is 36.4 Å². The summed E-state index contributed by atoms with van der Waals surface area (Å²) in [6.45, 7) is 1.40. The van der Waals surface area contributed by atoms with Gasteiger partial charge in [-0.1, -0.05) is 11.6 Å². The van der Waals surface area contributed by atoms with Crippen molar-refractivity contribution < 1.29 is 19.1 Å². The van der Waals surface area contributed by atoms with Crippen LogP contribution in [0.25, 0.3) is 0 Å². The van der Waals surface area contributed by atoms with E-state index in [9.17, 15) is 14.9 Å². The third-order valence-electron chi connectivity index (χ3n) is 3.67. The number of carbonyl (C=O) groups is 2. The van der Waals surface area contributed by atoms with E-state index in [-0.39, 0.29) is 11.5 Å². The Labute approximate surface area is 173 Å². The van der Waals surface area contributed by atoms with Gasteiger partial charge in [-0.3, -0.25) is 9.59 Å². The summed E-state index contributed by atoms with van der Waals surface area (Å²) in [5.74, 6) is 0.0212. The predicted molar refractivity (Wildman–Crippen MR) is 111 cm³/mol. The zero-order chi connectivity index (χ0) is 21.4. The molecule has 2 amide bonds. The second kappa shape index (κ2) is 10.0. The van der Waals surface area contributed by atoms with Crippen LogP contribution in [0.1, 0.15) is 6.92 Å². The number of hydrogen-bond acceptors (Lipinski definition) is 6. The van der Waals surface area contributed by atoms with Crippen LogP contribution in [-0.2, 0) is 9.59 Å². The zero-order valence-electron chi connectivity index (χ0n) is 16.0. The van der Waals surface area contributed by atoms with Gasteiger partial charge >= 0.3 is 0 Å². The number of methoxy groups -OCH3 is 2. The number of nitriles is 1. The Morgan fingerprint density at radius 1 is 1.03 bits per heavy atom. The fourth-order valence-corrected chi connectivity index (χ4v) is 2.54. The zero-order valence-corrected chi connectivity index (χ0v) is 16.8. The van der Waals surface area contributed by atoms with E-state index in [0.717, 1.165) is 0 Å². The summed E-state index contributed by atoms with van der Waals surface area (Å²) in [4.78, 5) is 23.4. The molecule has 0 saturated heterocycles. The van der Waals surface area contributed by atoms with Gasteiger partial charge in [-0.05, 0) is 24.3 Å². The number of ether oxygens (including phenoxy) is 2. The van der Waals surface area contributed by atoms with Crippen LogP contribution in [0.2, 0.25) is 5.02 Å². The van der Waals surface area contributed by atoms with Gasteiger partial charge in [0.1, 0.15) is 23.1 Å². The fourth-order valence-electron chi connectivity index (χ4n) is 2.31. The Kier molecular flexibility index (Phi) is 7.46. The maximum atomic E-state index is 12.4. The molecule has 0 saturated carbocycles. The standard InChI is InChI=1S/C20H19ClN4O4/c1-12(26)24-14-4-6-15(7-5-14)25-20(27)13(10-22)11-23-17-9-18(28-2)16(21)8-19(17)29-3/h4-9,11,23H,1-3H3,(H,24,26)(H,25,27)/b13-11-. The molecular weight excluding hydrogens is 396 g/mol. The molecule has 2 aromatic rings. The molecule has 0 aliphatic carbocycles. The van der Waals surface area contributed by atoms with Crippen molar-refractivity contribution in [1.29, 1.82) is 5.26 Å². The largest absolute Gasteiger partial charge is 0.495 e. The number of hydrogen-bond donors (Lipinski definition) is 3. The molecule has 0 aromatic heterocycles. The lowest BCUT2D eigenvalue weighted by atomic mass is 10.2. The Morgan fingerprint density at radius 2 is 1.62 bits per heavy atom. The molecule has 8 nitrogen and oxygen atoms in total. The fraction of sp³-hybridized carbons (Fsp3) is 0.150. The van der Waals surface area contributed by atoms with Crippen LogP contribution in [0.15, 0.2) is 48.2 Å². The average Bonchev–Trinajstić information content (AvgIpc) is 2.70. The minimum absolute atomic E-state index is 0.160. The van der Waals surface area contributed by atoms with E-state index < -0.39 is 5.91 Å². The Balaban J connectivity index is 2.14. The smallest absolute Gasteiger partial charge is 0.267 e. The van der Waals surface area contributed by atoms with Gasteiger partial charge in [0.15, 0.2) is 0 Å². The van der Waals surface area contributed by atoms with E-state index in [1.165, 1.54) is 27.3 Å². The highest BCUT2D eigenvalue weighted by atomic mass is 35.5. The Bertz CT molecular complexity index is 981. The summed E-state index contributed by atoms with van der Waals surface area (Å²) in [5, 5.41) is 17.8. The van der Waals surface area contributed by atoms with Crippen molar-refractivity contribution in [2.45, 2.75) is 6.92 Å². The monoisotopic (exact) mass is 414 g/mol. The highest BCUT2D eigenvalue weighted by Gasteiger charge is 2.12. The number of benzene rings is 2. The lowest BCUT2D eigenvalue weighted by Crippen LogP contribution is -2.14. The van der Waals surface area contributed by atoms with Gasteiger partial charge in [-0.2, -0.15) is 5.26 Å². The molecule has 0 radical (unpaired) electrons. The molecule has 0 atom stereocenters. The lowest BCUT2D eigenvalue weighted by Gasteiger charge is -2.12. The molecule has 9 heteroatoms.